The number of nitrogens with zero attached hydrogens (tertiary/aromatic N) is 1. The minimum atomic E-state index is -0.440. The minimum Gasteiger partial charge on any atom is -0.330 e. The van der Waals surface area contributed by atoms with Crippen molar-refractivity contribution in [3.05, 3.63) is 39.7 Å². The van der Waals surface area contributed by atoms with E-state index >= 15 is 0 Å². The van der Waals surface area contributed by atoms with E-state index in [-0.39, 0.29) is 11.1 Å². The molecule has 0 spiro atoms. The molecule has 1 saturated carbocycles. The second-order valence-electron chi connectivity index (χ2n) is 6.09. The lowest BCUT2D eigenvalue weighted by atomic mass is 9.67. The number of halogens is 1. The molecule has 5 heteroatoms. The molecule has 0 unspecified atom stereocenters. The molecule has 0 saturated heterocycles. The van der Waals surface area contributed by atoms with E-state index in [4.69, 9.17) is 5.73 Å². The Balaban J connectivity index is 2.27. The molecular formula is C15H21FN2O2. The first kappa shape index (κ1) is 14.9. The Bertz CT molecular complexity index is 497. The van der Waals surface area contributed by atoms with Crippen LogP contribution in [0.25, 0.3) is 0 Å². The van der Waals surface area contributed by atoms with Gasteiger partial charge in [-0.15, -0.1) is 0 Å². The van der Waals surface area contributed by atoms with Crippen LogP contribution in [0.15, 0.2) is 18.2 Å². The molecule has 1 aliphatic rings. The summed E-state index contributed by atoms with van der Waals surface area (Å²) in [5.41, 5.74) is 6.28. The van der Waals surface area contributed by atoms with Gasteiger partial charge < -0.3 is 5.73 Å². The standard InChI is InChI=1S/C15H21FN2O2/c1-11-4-6-15(10-17,7-5-11)9-12-8-13(16)2-3-14(12)18(19)20/h2-3,8,11H,4-7,9-10,17H2,1H3. The maximum Gasteiger partial charge on any atom is 0.272 e. The summed E-state index contributed by atoms with van der Waals surface area (Å²) in [4.78, 5) is 10.6. The molecule has 1 aromatic rings. The molecule has 4 nitrogen and oxygen atoms in total. The zero-order valence-corrected chi connectivity index (χ0v) is 11.8. The topological polar surface area (TPSA) is 69.2 Å². The Hall–Kier alpha value is -1.49. The fraction of sp³-hybridized carbons (Fsp3) is 0.600. The van der Waals surface area contributed by atoms with E-state index in [1.807, 2.05) is 0 Å². The number of nitro benzene ring substituents is 1. The average Bonchev–Trinajstić information content (AvgIpc) is 2.41. The molecule has 20 heavy (non-hydrogen) atoms. The van der Waals surface area contributed by atoms with Crippen LogP contribution in [-0.4, -0.2) is 11.5 Å². The van der Waals surface area contributed by atoms with E-state index in [2.05, 4.69) is 6.92 Å². The van der Waals surface area contributed by atoms with E-state index in [0.717, 1.165) is 31.7 Å². The van der Waals surface area contributed by atoms with Crippen molar-refractivity contribution in [1.29, 1.82) is 0 Å². The second-order valence-corrected chi connectivity index (χ2v) is 6.09. The number of nitro groups is 1. The number of hydrogen-bond donors (Lipinski definition) is 1. The highest BCUT2D eigenvalue weighted by Crippen LogP contribution is 2.42. The number of benzene rings is 1. The monoisotopic (exact) mass is 280 g/mol. The van der Waals surface area contributed by atoms with Gasteiger partial charge >= 0.3 is 0 Å². The molecule has 0 aromatic heterocycles. The fourth-order valence-corrected chi connectivity index (χ4v) is 3.11. The van der Waals surface area contributed by atoms with E-state index in [1.54, 1.807) is 0 Å². The van der Waals surface area contributed by atoms with E-state index in [1.165, 1.54) is 12.1 Å². The van der Waals surface area contributed by atoms with E-state index in [9.17, 15) is 14.5 Å². The largest absolute Gasteiger partial charge is 0.330 e. The van der Waals surface area contributed by atoms with Crippen molar-refractivity contribution in [2.75, 3.05) is 6.54 Å². The van der Waals surface area contributed by atoms with Gasteiger partial charge in [0.05, 0.1) is 4.92 Å². The lowest BCUT2D eigenvalue weighted by Crippen LogP contribution is -2.36. The molecule has 1 aromatic carbocycles. The second kappa shape index (κ2) is 5.87. The van der Waals surface area contributed by atoms with Gasteiger partial charge in [0.2, 0.25) is 0 Å². The van der Waals surface area contributed by atoms with Gasteiger partial charge in [-0.2, -0.15) is 0 Å². The zero-order chi connectivity index (χ0) is 14.8. The maximum atomic E-state index is 13.4. The first-order chi connectivity index (χ1) is 9.46. The zero-order valence-electron chi connectivity index (χ0n) is 11.8. The molecule has 0 radical (unpaired) electrons. The highest BCUT2D eigenvalue weighted by Gasteiger charge is 2.35. The lowest BCUT2D eigenvalue weighted by Gasteiger charge is -2.38. The summed E-state index contributed by atoms with van der Waals surface area (Å²) in [5.74, 6) is 0.249. The van der Waals surface area contributed by atoms with Crippen molar-refractivity contribution >= 4 is 5.69 Å². The Labute approximate surface area is 118 Å². The van der Waals surface area contributed by atoms with E-state index < -0.39 is 10.7 Å². The average molecular weight is 280 g/mol. The number of hydrogen-bond acceptors (Lipinski definition) is 3. The Kier molecular flexibility index (Phi) is 4.38. The van der Waals surface area contributed by atoms with Crippen molar-refractivity contribution < 1.29 is 9.31 Å². The van der Waals surface area contributed by atoms with Gasteiger partial charge in [-0.3, -0.25) is 10.1 Å². The lowest BCUT2D eigenvalue weighted by molar-refractivity contribution is -0.385. The molecule has 0 heterocycles. The van der Waals surface area contributed by atoms with Gasteiger partial charge in [0.25, 0.3) is 5.69 Å². The van der Waals surface area contributed by atoms with Gasteiger partial charge in [-0.05, 0) is 49.3 Å². The van der Waals surface area contributed by atoms with Crippen LogP contribution in [0.5, 0.6) is 0 Å². The van der Waals surface area contributed by atoms with Gasteiger partial charge in [0.1, 0.15) is 5.82 Å². The van der Waals surface area contributed by atoms with Crippen molar-refractivity contribution in [3.8, 4) is 0 Å². The van der Waals surface area contributed by atoms with Crippen LogP contribution in [0.4, 0.5) is 10.1 Å². The summed E-state index contributed by atoms with van der Waals surface area (Å²) in [7, 11) is 0. The van der Waals surface area contributed by atoms with Crippen LogP contribution in [0.1, 0.15) is 38.2 Å². The van der Waals surface area contributed by atoms with Crippen molar-refractivity contribution in [1.82, 2.24) is 0 Å². The SMILES string of the molecule is CC1CCC(CN)(Cc2cc(F)ccc2[N+](=O)[O-])CC1. The van der Waals surface area contributed by atoms with Gasteiger partial charge in [-0.25, -0.2) is 4.39 Å². The van der Waals surface area contributed by atoms with Crippen molar-refractivity contribution in [3.63, 3.8) is 0 Å². The Morgan fingerprint density at radius 2 is 2.10 bits per heavy atom. The molecule has 0 atom stereocenters. The first-order valence-corrected chi connectivity index (χ1v) is 7.09. The summed E-state index contributed by atoms with van der Waals surface area (Å²) >= 11 is 0. The third-order valence-electron chi connectivity index (χ3n) is 4.57. The predicted octanol–water partition coefficient (Wildman–Crippen LogP) is 3.43. The molecule has 1 fully saturated rings. The van der Waals surface area contributed by atoms with Crippen LogP contribution >= 0.6 is 0 Å². The fourth-order valence-electron chi connectivity index (χ4n) is 3.11. The van der Waals surface area contributed by atoms with E-state index in [0.29, 0.717) is 24.4 Å². The first-order valence-electron chi connectivity index (χ1n) is 7.09. The molecule has 0 bridgehead atoms. The van der Waals surface area contributed by atoms with Crippen LogP contribution in [-0.2, 0) is 6.42 Å². The number of nitrogens with two attached hydrogens (primary N) is 1. The molecule has 0 aliphatic heterocycles. The van der Waals surface area contributed by atoms with Crippen LogP contribution in [0.3, 0.4) is 0 Å². The smallest absolute Gasteiger partial charge is 0.272 e. The molecule has 1 aliphatic carbocycles. The van der Waals surface area contributed by atoms with Crippen molar-refractivity contribution in [2.45, 2.75) is 39.0 Å². The molecule has 110 valence electrons. The highest BCUT2D eigenvalue weighted by molar-refractivity contribution is 5.41. The summed E-state index contributed by atoms with van der Waals surface area (Å²) in [5, 5.41) is 11.1. The quantitative estimate of drug-likeness (QED) is 0.678. The van der Waals surface area contributed by atoms with Crippen LogP contribution in [0.2, 0.25) is 0 Å². The summed E-state index contributed by atoms with van der Waals surface area (Å²) in [6, 6.07) is 3.67. The summed E-state index contributed by atoms with van der Waals surface area (Å²) in [6.45, 7) is 2.71. The van der Waals surface area contributed by atoms with Crippen molar-refractivity contribution in [2.24, 2.45) is 17.1 Å². The summed E-state index contributed by atoms with van der Waals surface area (Å²) in [6.07, 6.45) is 4.57. The molecule has 2 rings (SSSR count). The third kappa shape index (κ3) is 3.15. The number of rotatable bonds is 4. The predicted molar refractivity (Wildman–Crippen MR) is 75.9 cm³/mol. The van der Waals surface area contributed by atoms with Gasteiger partial charge in [0.15, 0.2) is 0 Å². The molecular weight excluding hydrogens is 259 g/mol. The summed E-state index contributed by atoms with van der Waals surface area (Å²) < 4.78 is 13.4. The Morgan fingerprint density at radius 1 is 1.45 bits per heavy atom. The highest BCUT2D eigenvalue weighted by atomic mass is 19.1. The normalized spacial score (nSPS) is 26.4. The van der Waals surface area contributed by atoms with Gasteiger partial charge in [0, 0.05) is 11.6 Å². The Morgan fingerprint density at radius 3 is 2.65 bits per heavy atom. The molecule has 0 amide bonds. The third-order valence-corrected chi connectivity index (χ3v) is 4.57. The van der Waals surface area contributed by atoms with Crippen LogP contribution < -0.4 is 5.73 Å². The minimum absolute atomic E-state index is 0.00199. The van der Waals surface area contributed by atoms with Gasteiger partial charge in [-0.1, -0.05) is 19.8 Å². The maximum absolute atomic E-state index is 13.4. The molecule has 2 N–H and O–H groups in total. The van der Waals surface area contributed by atoms with Crippen LogP contribution in [0, 0.1) is 27.3 Å².